The largest absolute Gasteiger partial charge is 0.311 e. The van der Waals surface area contributed by atoms with Crippen LogP contribution in [0.1, 0.15) is 24.2 Å². The van der Waals surface area contributed by atoms with Gasteiger partial charge in [-0.2, -0.15) is 0 Å². The molecule has 6 heteroatoms. The number of fused-ring (bicyclic) bond motifs is 1. The Hall–Kier alpha value is -1.53. The van der Waals surface area contributed by atoms with Gasteiger partial charge < -0.3 is 10.2 Å². The molecule has 1 aliphatic rings. The number of benzene rings is 1. The van der Waals surface area contributed by atoms with Crippen molar-refractivity contribution in [2.24, 2.45) is 0 Å². The quantitative estimate of drug-likeness (QED) is 0.653. The maximum Gasteiger partial charge on any atom is 0.299 e. The van der Waals surface area contributed by atoms with E-state index < -0.39 is 17.5 Å². The van der Waals surface area contributed by atoms with Crippen LogP contribution in [0.15, 0.2) is 28.8 Å². The summed E-state index contributed by atoms with van der Waals surface area (Å²) < 4.78 is 13.8. The first kappa shape index (κ1) is 15.9. The lowest BCUT2D eigenvalue weighted by Crippen LogP contribution is -2.34. The minimum Gasteiger partial charge on any atom is -0.311 e. The second-order valence-corrected chi connectivity index (χ2v) is 6.14. The van der Waals surface area contributed by atoms with Gasteiger partial charge in [0.2, 0.25) is 0 Å². The summed E-state index contributed by atoms with van der Waals surface area (Å²) in [5.41, 5.74) is 1.27. The zero-order valence-corrected chi connectivity index (χ0v) is 13.5. The molecule has 0 radical (unpaired) electrons. The van der Waals surface area contributed by atoms with Crippen molar-refractivity contribution in [3.8, 4) is 0 Å². The molecule has 1 heterocycles. The van der Waals surface area contributed by atoms with Crippen molar-refractivity contribution in [1.82, 2.24) is 5.32 Å². The zero-order chi connectivity index (χ0) is 15.7. The van der Waals surface area contributed by atoms with Gasteiger partial charge in [-0.1, -0.05) is 20.4 Å². The minimum absolute atomic E-state index is 0.171. The smallest absolute Gasteiger partial charge is 0.299 e. The fourth-order valence-corrected chi connectivity index (χ4v) is 2.42. The average Bonchev–Trinajstić information content (AvgIpc) is 2.63. The van der Waals surface area contributed by atoms with Crippen LogP contribution < -0.4 is 10.2 Å². The fourth-order valence-electron chi connectivity index (χ4n) is 2.07. The van der Waals surface area contributed by atoms with Crippen molar-refractivity contribution < 1.29 is 14.0 Å². The van der Waals surface area contributed by atoms with Gasteiger partial charge in [-0.3, -0.25) is 9.59 Å². The minimum atomic E-state index is -0.645. The van der Waals surface area contributed by atoms with Crippen LogP contribution in [0, 0.1) is 5.82 Å². The van der Waals surface area contributed by atoms with E-state index in [1.54, 1.807) is 0 Å². The second-order valence-electron chi connectivity index (χ2n) is 5.29. The molecule has 1 amide bonds. The Balaban J connectivity index is 2.23. The highest BCUT2D eigenvalue weighted by molar-refractivity contribution is 9.10. The van der Waals surface area contributed by atoms with Gasteiger partial charge in [-0.15, -0.1) is 0 Å². The number of nitrogens with one attached hydrogen (secondary N) is 1. The predicted molar refractivity (Wildman–Crippen MR) is 83.1 cm³/mol. The molecule has 112 valence electrons. The first-order valence-corrected chi connectivity index (χ1v) is 7.35. The molecule has 0 aliphatic carbocycles. The number of hydrogen-bond acceptors (Lipinski definition) is 3. The van der Waals surface area contributed by atoms with E-state index in [2.05, 4.69) is 27.8 Å². The lowest BCUT2D eigenvalue weighted by Gasteiger charge is -2.19. The number of Topliss-reactive ketones (excluding diaryl/α,β-unsaturated/α-hetero) is 1. The Labute approximate surface area is 131 Å². The molecule has 2 rings (SSSR count). The van der Waals surface area contributed by atoms with Crippen molar-refractivity contribution >= 4 is 33.3 Å². The fraction of sp³-hybridized carbons (Fsp3) is 0.333. The van der Waals surface area contributed by atoms with Gasteiger partial charge in [-0.05, 0) is 33.6 Å². The van der Waals surface area contributed by atoms with Crippen LogP contribution in [0.4, 0.5) is 10.1 Å². The molecule has 0 saturated carbocycles. The molecule has 1 aliphatic heterocycles. The number of rotatable bonds is 5. The summed E-state index contributed by atoms with van der Waals surface area (Å²) in [6.45, 7) is 8.62. The number of halogens is 2. The lowest BCUT2D eigenvalue weighted by atomic mass is 10.1. The van der Waals surface area contributed by atoms with E-state index in [0.717, 1.165) is 5.57 Å². The van der Waals surface area contributed by atoms with Gasteiger partial charge in [0.25, 0.3) is 11.7 Å². The van der Waals surface area contributed by atoms with Crippen molar-refractivity contribution in [2.45, 2.75) is 19.9 Å². The van der Waals surface area contributed by atoms with Gasteiger partial charge >= 0.3 is 0 Å². The number of amides is 1. The van der Waals surface area contributed by atoms with Gasteiger partial charge in [0.15, 0.2) is 0 Å². The third kappa shape index (κ3) is 3.22. The zero-order valence-electron chi connectivity index (χ0n) is 11.9. The van der Waals surface area contributed by atoms with E-state index in [0.29, 0.717) is 18.3 Å². The Morgan fingerprint density at radius 3 is 2.71 bits per heavy atom. The lowest BCUT2D eigenvalue weighted by molar-refractivity contribution is -0.114. The molecule has 0 atom stereocenters. The Morgan fingerprint density at radius 1 is 1.43 bits per heavy atom. The van der Waals surface area contributed by atoms with E-state index >= 15 is 0 Å². The molecular formula is C15H16BrFN2O2. The molecule has 0 spiro atoms. The van der Waals surface area contributed by atoms with E-state index in [1.165, 1.54) is 17.0 Å². The van der Waals surface area contributed by atoms with Crippen molar-refractivity contribution in [2.75, 3.05) is 18.0 Å². The monoisotopic (exact) mass is 354 g/mol. The first-order valence-electron chi connectivity index (χ1n) is 6.56. The standard InChI is InChI=1S/C15H16BrFN2O2/c1-8(2)18-6-9(3)7-19-13-5-12(17)11(16)4-10(13)14(20)15(19)21/h4-5,8,18H,3,6-7H2,1-2H3. The summed E-state index contributed by atoms with van der Waals surface area (Å²) in [5.74, 6) is -1.77. The summed E-state index contributed by atoms with van der Waals surface area (Å²) in [6.07, 6.45) is 0. The third-order valence-corrected chi connectivity index (χ3v) is 3.76. The average molecular weight is 355 g/mol. The van der Waals surface area contributed by atoms with Crippen LogP contribution in [-0.2, 0) is 4.79 Å². The van der Waals surface area contributed by atoms with Crippen LogP contribution >= 0.6 is 15.9 Å². The van der Waals surface area contributed by atoms with Crippen molar-refractivity contribution in [1.29, 1.82) is 0 Å². The number of anilines is 1. The number of nitrogens with zero attached hydrogens (tertiary/aromatic N) is 1. The summed E-state index contributed by atoms with van der Waals surface area (Å²) in [6, 6.07) is 2.84. The van der Waals surface area contributed by atoms with Gasteiger partial charge in [0, 0.05) is 19.1 Å². The van der Waals surface area contributed by atoms with E-state index in [-0.39, 0.29) is 16.6 Å². The normalized spacial score (nSPS) is 14.0. The van der Waals surface area contributed by atoms with E-state index in [1.807, 2.05) is 13.8 Å². The number of ketones is 1. The molecule has 0 unspecified atom stereocenters. The molecule has 0 bridgehead atoms. The molecule has 1 aromatic carbocycles. The molecule has 0 fully saturated rings. The second kappa shape index (κ2) is 6.07. The summed E-state index contributed by atoms with van der Waals surface area (Å²) in [7, 11) is 0. The Morgan fingerprint density at radius 2 is 2.10 bits per heavy atom. The van der Waals surface area contributed by atoms with Crippen LogP contribution in [-0.4, -0.2) is 30.8 Å². The van der Waals surface area contributed by atoms with Crippen LogP contribution in [0.3, 0.4) is 0 Å². The van der Waals surface area contributed by atoms with Crippen LogP contribution in [0.25, 0.3) is 0 Å². The molecule has 4 nitrogen and oxygen atoms in total. The Bertz CT molecular complexity index is 628. The first-order chi connectivity index (χ1) is 9.81. The van der Waals surface area contributed by atoms with Gasteiger partial charge in [0.1, 0.15) is 5.82 Å². The van der Waals surface area contributed by atoms with Crippen LogP contribution in [0.5, 0.6) is 0 Å². The molecule has 0 saturated heterocycles. The summed E-state index contributed by atoms with van der Waals surface area (Å²) in [4.78, 5) is 25.2. The number of carbonyl (C=O) groups is 2. The van der Waals surface area contributed by atoms with Gasteiger partial charge in [-0.25, -0.2) is 4.39 Å². The Kier molecular flexibility index (Phi) is 4.58. The molecule has 0 aromatic heterocycles. The highest BCUT2D eigenvalue weighted by Crippen LogP contribution is 2.33. The molecule has 1 aromatic rings. The van der Waals surface area contributed by atoms with E-state index in [9.17, 15) is 14.0 Å². The van der Waals surface area contributed by atoms with E-state index in [4.69, 9.17) is 0 Å². The van der Waals surface area contributed by atoms with Crippen molar-refractivity contribution in [3.63, 3.8) is 0 Å². The predicted octanol–water partition coefficient (Wildman–Crippen LogP) is 2.67. The highest BCUT2D eigenvalue weighted by Gasteiger charge is 2.36. The maximum absolute atomic E-state index is 13.7. The topological polar surface area (TPSA) is 49.4 Å². The molecule has 1 N–H and O–H groups in total. The summed E-state index contributed by atoms with van der Waals surface area (Å²) >= 11 is 3.02. The highest BCUT2D eigenvalue weighted by atomic mass is 79.9. The summed E-state index contributed by atoms with van der Waals surface area (Å²) in [5, 5.41) is 3.19. The number of carbonyl (C=O) groups excluding carboxylic acids is 2. The van der Waals surface area contributed by atoms with Crippen LogP contribution in [0.2, 0.25) is 0 Å². The maximum atomic E-state index is 13.7. The van der Waals surface area contributed by atoms with Gasteiger partial charge in [0.05, 0.1) is 15.7 Å². The molecular weight excluding hydrogens is 339 g/mol. The number of hydrogen-bond donors (Lipinski definition) is 1. The third-order valence-electron chi connectivity index (χ3n) is 3.16. The van der Waals surface area contributed by atoms with Crippen molar-refractivity contribution in [3.05, 3.63) is 40.1 Å². The molecule has 21 heavy (non-hydrogen) atoms. The SMILES string of the molecule is C=C(CNC(C)C)CN1C(=O)C(=O)c2cc(Br)c(F)cc21.